The molecule has 0 spiro atoms. The second kappa shape index (κ2) is 8.30. The highest BCUT2D eigenvalue weighted by molar-refractivity contribution is 7.16. The number of carbonyl (C=O) groups excluding carboxylic acids is 1. The van der Waals surface area contributed by atoms with E-state index in [2.05, 4.69) is 15.4 Å². The van der Waals surface area contributed by atoms with Crippen LogP contribution in [-0.4, -0.2) is 25.5 Å². The molecule has 29 heavy (non-hydrogen) atoms. The minimum absolute atomic E-state index is 0.153. The molecule has 0 bridgehead atoms. The molecular weight excluding hydrogens is 412 g/mol. The van der Waals surface area contributed by atoms with E-state index >= 15 is 0 Å². The van der Waals surface area contributed by atoms with Crippen molar-refractivity contribution in [2.24, 2.45) is 0 Å². The smallest absolute Gasteiger partial charge is 0.284 e. The van der Waals surface area contributed by atoms with Gasteiger partial charge in [0.15, 0.2) is 0 Å². The molecule has 1 amide bonds. The van der Waals surface area contributed by atoms with E-state index in [0.717, 1.165) is 16.1 Å². The van der Waals surface area contributed by atoms with Crippen molar-refractivity contribution in [2.75, 3.05) is 0 Å². The first-order valence-electron chi connectivity index (χ1n) is 8.80. The van der Waals surface area contributed by atoms with E-state index in [-0.39, 0.29) is 12.5 Å². The first kappa shape index (κ1) is 19.5. The van der Waals surface area contributed by atoms with Crippen LogP contribution in [-0.2, 0) is 11.4 Å². The molecule has 0 aliphatic rings. The van der Waals surface area contributed by atoms with E-state index < -0.39 is 6.10 Å². The lowest BCUT2D eigenvalue weighted by molar-refractivity contribution is -0.00861. The Morgan fingerprint density at radius 3 is 2.93 bits per heavy atom. The molecular formula is C20H17ClN4O3S. The zero-order valence-corrected chi connectivity index (χ0v) is 16.9. The van der Waals surface area contributed by atoms with Crippen LogP contribution in [0.4, 0.5) is 0 Å². The number of hydrogen-bond donors (Lipinski definition) is 2. The number of nitrogens with one attached hydrogen (secondary N) is 1. The van der Waals surface area contributed by atoms with Gasteiger partial charge in [0.25, 0.3) is 5.91 Å². The Bertz CT molecular complexity index is 1170. The average molecular weight is 429 g/mol. The van der Waals surface area contributed by atoms with Crippen LogP contribution in [0.15, 0.2) is 55.0 Å². The molecule has 9 heteroatoms. The summed E-state index contributed by atoms with van der Waals surface area (Å²) >= 11 is 7.46. The van der Waals surface area contributed by atoms with Crippen LogP contribution in [0, 0.1) is 0 Å². The maximum absolute atomic E-state index is 12.5. The van der Waals surface area contributed by atoms with Gasteiger partial charge in [-0.25, -0.2) is 10.5 Å². The van der Waals surface area contributed by atoms with Gasteiger partial charge in [-0.05, 0) is 31.2 Å². The Morgan fingerprint density at radius 2 is 2.14 bits per heavy atom. The van der Waals surface area contributed by atoms with Crippen molar-refractivity contribution in [2.45, 2.75) is 19.6 Å². The summed E-state index contributed by atoms with van der Waals surface area (Å²) in [5.74, 6) is -0.345. The summed E-state index contributed by atoms with van der Waals surface area (Å²) in [6.45, 7) is 1.66. The van der Waals surface area contributed by atoms with Crippen molar-refractivity contribution >= 4 is 39.9 Å². The summed E-state index contributed by atoms with van der Waals surface area (Å²) in [6, 6.07) is 12.6. The molecule has 0 saturated heterocycles. The number of hydrogen-bond acceptors (Lipinski definition) is 6. The lowest BCUT2D eigenvalue weighted by Crippen LogP contribution is -2.24. The van der Waals surface area contributed by atoms with Crippen molar-refractivity contribution in [3.63, 3.8) is 0 Å². The van der Waals surface area contributed by atoms with Crippen molar-refractivity contribution in [3.05, 3.63) is 76.1 Å². The van der Waals surface area contributed by atoms with Gasteiger partial charge in [0, 0.05) is 10.6 Å². The Hall–Kier alpha value is -2.78. The number of aliphatic hydroxyl groups is 1. The van der Waals surface area contributed by atoms with Crippen LogP contribution in [0.1, 0.15) is 34.0 Å². The Morgan fingerprint density at radius 1 is 1.31 bits per heavy atom. The summed E-state index contributed by atoms with van der Waals surface area (Å²) in [5, 5.41) is 10.7. The fourth-order valence-electron chi connectivity index (χ4n) is 2.86. The third-order valence-corrected chi connectivity index (χ3v) is 5.80. The first-order chi connectivity index (χ1) is 14.1. The fourth-order valence-corrected chi connectivity index (χ4v) is 4.02. The number of imidazole rings is 1. The van der Waals surface area contributed by atoms with Crippen LogP contribution >= 0.6 is 22.9 Å². The van der Waals surface area contributed by atoms with Crippen molar-refractivity contribution in [1.82, 2.24) is 20.0 Å². The number of amides is 1. The van der Waals surface area contributed by atoms with Gasteiger partial charge in [-0.1, -0.05) is 29.8 Å². The number of carbonyl (C=O) groups is 1. The van der Waals surface area contributed by atoms with Gasteiger partial charge < -0.3 is 5.11 Å². The number of halogens is 1. The molecule has 7 nitrogen and oxygen atoms in total. The highest BCUT2D eigenvalue weighted by Crippen LogP contribution is 2.26. The normalized spacial score (nSPS) is 12.2. The van der Waals surface area contributed by atoms with Gasteiger partial charge in [-0.3, -0.25) is 19.2 Å². The number of nitrogens with zero attached hydrogens (tertiary/aromatic N) is 3. The number of thiophene rings is 1. The molecule has 0 fully saturated rings. The molecule has 0 saturated carbocycles. The predicted molar refractivity (Wildman–Crippen MR) is 111 cm³/mol. The minimum Gasteiger partial charge on any atom is -0.390 e. The number of aromatic nitrogens is 3. The van der Waals surface area contributed by atoms with Gasteiger partial charge in [0.2, 0.25) is 0 Å². The summed E-state index contributed by atoms with van der Waals surface area (Å²) in [6.07, 6.45) is 2.88. The number of pyridine rings is 1. The third kappa shape index (κ3) is 4.01. The SMILES string of the molecule is C[C@@H](ONC(=O)c1ccc(-n2cnc3cnc(CO)cc32)s1)c1ccccc1Cl. The van der Waals surface area contributed by atoms with Crippen LogP contribution in [0.25, 0.3) is 16.0 Å². The number of benzene rings is 1. The maximum atomic E-state index is 12.5. The largest absolute Gasteiger partial charge is 0.390 e. The van der Waals surface area contributed by atoms with Crippen LogP contribution in [0.3, 0.4) is 0 Å². The zero-order valence-electron chi connectivity index (χ0n) is 15.4. The Balaban J connectivity index is 1.49. The summed E-state index contributed by atoms with van der Waals surface area (Å²) in [5.41, 5.74) is 5.34. The Kier molecular flexibility index (Phi) is 5.59. The van der Waals surface area contributed by atoms with Crippen LogP contribution in [0.5, 0.6) is 0 Å². The maximum Gasteiger partial charge on any atom is 0.284 e. The highest BCUT2D eigenvalue weighted by atomic mass is 35.5. The molecule has 0 aliphatic carbocycles. The molecule has 0 radical (unpaired) electrons. The standard InChI is InChI=1S/C20H17ClN4O3S/c1-12(14-4-2-3-5-15(14)21)28-24-20(27)18-6-7-19(29-18)25-11-23-16-9-22-13(10-26)8-17(16)25/h2-9,11-12,26H,10H2,1H3,(H,24,27)/t12-/m1/s1. The van der Waals surface area contributed by atoms with Gasteiger partial charge in [0.1, 0.15) is 22.9 Å². The van der Waals surface area contributed by atoms with E-state index in [9.17, 15) is 9.90 Å². The molecule has 1 aromatic carbocycles. The molecule has 4 rings (SSSR count). The van der Waals surface area contributed by atoms with E-state index in [1.54, 1.807) is 30.7 Å². The number of hydroxylamine groups is 1. The predicted octanol–water partition coefficient (Wildman–Crippen LogP) is 4.05. The van der Waals surface area contributed by atoms with E-state index in [1.165, 1.54) is 11.3 Å². The van der Waals surface area contributed by atoms with Crippen molar-refractivity contribution in [3.8, 4) is 5.00 Å². The molecule has 148 valence electrons. The Labute approximate surface area is 175 Å². The van der Waals surface area contributed by atoms with E-state index in [4.69, 9.17) is 16.4 Å². The van der Waals surface area contributed by atoms with Crippen LogP contribution in [0.2, 0.25) is 5.02 Å². The van der Waals surface area contributed by atoms with Crippen molar-refractivity contribution in [1.29, 1.82) is 0 Å². The molecule has 0 unspecified atom stereocenters. The monoisotopic (exact) mass is 428 g/mol. The summed E-state index contributed by atoms with van der Waals surface area (Å²) in [7, 11) is 0. The third-order valence-electron chi connectivity index (χ3n) is 4.38. The fraction of sp³-hybridized carbons (Fsp3) is 0.150. The average Bonchev–Trinajstić information content (AvgIpc) is 3.38. The molecule has 0 aliphatic heterocycles. The highest BCUT2D eigenvalue weighted by Gasteiger charge is 2.15. The van der Waals surface area contributed by atoms with Gasteiger partial charge >= 0.3 is 0 Å². The van der Waals surface area contributed by atoms with Gasteiger partial charge in [-0.2, -0.15) is 0 Å². The topological polar surface area (TPSA) is 89.3 Å². The van der Waals surface area contributed by atoms with Gasteiger partial charge in [-0.15, -0.1) is 11.3 Å². The number of fused-ring (bicyclic) bond motifs is 1. The number of rotatable bonds is 6. The lowest BCUT2D eigenvalue weighted by Gasteiger charge is -2.14. The van der Waals surface area contributed by atoms with Crippen LogP contribution < -0.4 is 5.48 Å². The van der Waals surface area contributed by atoms with Gasteiger partial charge in [0.05, 0.1) is 28.9 Å². The first-order valence-corrected chi connectivity index (χ1v) is 9.99. The quantitative estimate of drug-likeness (QED) is 0.452. The second-order valence-electron chi connectivity index (χ2n) is 6.29. The molecule has 4 aromatic rings. The molecule has 1 atom stereocenters. The molecule has 3 heterocycles. The minimum atomic E-state index is -0.394. The van der Waals surface area contributed by atoms with Crippen molar-refractivity contribution < 1.29 is 14.7 Å². The lowest BCUT2D eigenvalue weighted by atomic mass is 10.1. The van der Waals surface area contributed by atoms with E-state index in [0.29, 0.717) is 21.1 Å². The van der Waals surface area contributed by atoms with E-state index in [1.807, 2.05) is 35.8 Å². The zero-order chi connectivity index (χ0) is 20.4. The molecule has 3 aromatic heterocycles. The molecule has 2 N–H and O–H groups in total. The number of aliphatic hydroxyl groups excluding tert-OH is 1. The second-order valence-corrected chi connectivity index (χ2v) is 7.76. The summed E-state index contributed by atoms with van der Waals surface area (Å²) < 4.78 is 1.85. The summed E-state index contributed by atoms with van der Waals surface area (Å²) in [4.78, 5) is 26.9.